The van der Waals surface area contributed by atoms with Gasteiger partial charge in [-0.05, 0) is 17.7 Å². The summed E-state index contributed by atoms with van der Waals surface area (Å²) in [6, 6.07) is 8.17. The summed E-state index contributed by atoms with van der Waals surface area (Å²) >= 11 is 3.47. The molecule has 1 fully saturated rings. The number of carboxylic acid groups (broad SMARTS) is 1. The van der Waals surface area contributed by atoms with E-state index in [1.165, 1.54) is 23.5 Å². The zero-order chi connectivity index (χ0) is 18.0. The summed E-state index contributed by atoms with van der Waals surface area (Å²) in [4.78, 5) is 27.9. The summed E-state index contributed by atoms with van der Waals surface area (Å²) in [5, 5.41) is 13.2. The lowest BCUT2D eigenvalue weighted by Gasteiger charge is -2.34. The van der Waals surface area contributed by atoms with Gasteiger partial charge < -0.3 is 10.0 Å². The standard InChI is InChI=1S/C17H19BrN4O3/c1-20-15(17(24)25)14(10-19-20)16(23)22-7-5-21(6-8-22)11-12-3-2-4-13(18)9-12/h2-4,9-10H,5-8,11H2,1H3,(H,24,25). The maximum Gasteiger partial charge on any atom is 0.354 e. The molecule has 1 aliphatic heterocycles. The van der Waals surface area contributed by atoms with Gasteiger partial charge in [-0.2, -0.15) is 5.10 Å². The minimum atomic E-state index is -1.14. The quantitative estimate of drug-likeness (QED) is 0.837. The molecule has 8 heteroatoms. The summed E-state index contributed by atoms with van der Waals surface area (Å²) in [6.45, 7) is 3.47. The maximum atomic E-state index is 12.6. The van der Waals surface area contributed by atoms with Crippen LogP contribution in [0, 0.1) is 0 Å². The number of aromatic carboxylic acids is 1. The van der Waals surface area contributed by atoms with E-state index in [0.29, 0.717) is 13.1 Å². The molecule has 2 heterocycles. The molecule has 1 aliphatic rings. The molecule has 0 atom stereocenters. The first kappa shape index (κ1) is 17.6. The van der Waals surface area contributed by atoms with Gasteiger partial charge in [0.1, 0.15) is 0 Å². The zero-order valence-electron chi connectivity index (χ0n) is 13.9. The van der Waals surface area contributed by atoms with Gasteiger partial charge in [-0.3, -0.25) is 14.4 Å². The molecule has 2 aromatic rings. The third-order valence-corrected chi connectivity index (χ3v) is 4.82. The molecule has 1 amide bonds. The fraction of sp³-hybridized carbons (Fsp3) is 0.353. The van der Waals surface area contributed by atoms with Crippen molar-refractivity contribution in [3.63, 3.8) is 0 Å². The predicted octanol–water partition coefficient (Wildman–Crippen LogP) is 1.84. The van der Waals surface area contributed by atoms with Crippen LogP contribution in [0.15, 0.2) is 34.9 Å². The van der Waals surface area contributed by atoms with Gasteiger partial charge in [0.05, 0.1) is 11.8 Å². The molecule has 132 valence electrons. The van der Waals surface area contributed by atoms with Crippen LogP contribution >= 0.6 is 15.9 Å². The Morgan fingerprint density at radius 1 is 1.24 bits per heavy atom. The number of aryl methyl sites for hydroxylation is 1. The number of rotatable bonds is 4. The van der Waals surface area contributed by atoms with Crippen LogP contribution in [0.3, 0.4) is 0 Å². The molecule has 3 rings (SSSR count). The van der Waals surface area contributed by atoms with Crippen molar-refractivity contribution in [1.29, 1.82) is 0 Å². The molecule has 0 bridgehead atoms. The Morgan fingerprint density at radius 2 is 1.96 bits per heavy atom. The molecule has 1 aromatic heterocycles. The molecule has 0 spiro atoms. The van der Waals surface area contributed by atoms with Crippen LogP contribution in [0.5, 0.6) is 0 Å². The Bertz CT molecular complexity index is 797. The molecular formula is C17H19BrN4O3. The first-order valence-electron chi connectivity index (χ1n) is 7.97. The number of nitrogens with zero attached hydrogens (tertiary/aromatic N) is 4. The van der Waals surface area contributed by atoms with Crippen molar-refractivity contribution >= 4 is 27.8 Å². The van der Waals surface area contributed by atoms with E-state index in [1.807, 2.05) is 12.1 Å². The van der Waals surface area contributed by atoms with Gasteiger partial charge in [0.25, 0.3) is 5.91 Å². The summed E-state index contributed by atoms with van der Waals surface area (Å²) in [6.07, 6.45) is 1.33. The van der Waals surface area contributed by atoms with E-state index >= 15 is 0 Å². The van der Waals surface area contributed by atoms with E-state index in [1.54, 1.807) is 4.90 Å². The zero-order valence-corrected chi connectivity index (χ0v) is 15.4. The van der Waals surface area contributed by atoms with Gasteiger partial charge in [0.15, 0.2) is 5.69 Å². The fourth-order valence-corrected chi connectivity index (χ4v) is 3.47. The number of hydrogen-bond donors (Lipinski definition) is 1. The van der Waals surface area contributed by atoms with E-state index in [9.17, 15) is 14.7 Å². The monoisotopic (exact) mass is 406 g/mol. The second kappa shape index (κ2) is 7.37. The topological polar surface area (TPSA) is 78.7 Å². The Kier molecular flexibility index (Phi) is 5.19. The van der Waals surface area contributed by atoms with E-state index in [-0.39, 0.29) is 17.2 Å². The minimum Gasteiger partial charge on any atom is -0.477 e. The molecule has 1 saturated heterocycles. The van der Waals surface area contributed by atoms with Crippen molar-refractivity contribution in [2.45, 2.75) is 6.54 Å². The average Bonchev–Trinajstić information content (AvgIpc) is 2.97. The summed E-state index contributed by atoms with van der Waals surface area (Å²) in [5.74, 6) is -1.41. The van der Waals surface area contributed by atoms with E-state index < -0.39 is 5.97 Å². The van der Waals surface area contributed by atoms with Crippen LogP contribution in [0.25, 0.3) is 0 Å². The lowest BCUT2D eigenvalue weighted by atomic mass is 10.1. The number of halogens is 1. The smallest absolute Gasteiger partial charge is 0.354 e. The van der Waals surface area contributed by atoms with Crippen LogP contribution in [-0.2, 0) is 13.6 Å². The fourth-order valence-electron chi connectivity index (χ4n) is 3.02. The molecular weight excluding hydrogens is 388 g/mol. The first-order chi connectivity index (χ1) is 12.0. The van der Waals surface area contributed by atoms with E-state index in [2.05, 4.69) is 38.1 Å². The average molecular weight is 407 g/mol. The van der Waals surface area contributed by atoms with Gasteiger partial charge >= 0.3 is 5.97 Å². The normalized spacial score (nSPS) is 15.4. The molecule has 1 aromatic carbocycles. The van der Waals surface area contributed by atoms with Crippen LogP contribution in [0.2, 0.25) is 0 Å². The Balaban J connectivity index is 1.62. The second-order valence-electron chi connectivity index (χ2n) is 6.03. The highest BCUT2D eigenvalue weighted by Crippen LogP contribution is 2.16. The number of piperazine rings is 1. The van der Waals surface area contributed by atoms with Crippen LogP contribution in [0.4, 0.5) is 0 Å². The van der Waals surface area contributed by atoms with Crippen molar-refractivity contribution in [2.24, 2.45) is 7.05 Å². The minimum absolute atomic E-state index is 0.0680. The van der Waals surface area contributed by atoms with Crippen molar-refractivity contribution in [1.82, 2.24) is 19.6 Å². The number of amides is 1. The van der Waals surface area contributed by atoms with Crippen LogP contribution < -0.4 is 0 Å². The van der Waals surface area contributed by atoms with Crippen LogP contribution in [-0.4, -0.2) is 62.7 Å². The van der Waals surface area contributed by atoms with Gasteiger partial charge in [0.2, 0.25) is 0 Å². The lowest BCUT2D eigenvalue weighted by Crippen LogP contribution is -2.48. The Morgan fingerprint density at radius 3 is 2.60 bits per heavy atom. The number of carbonyl (C=O) groups excluding carboxylic acids is 1. The molecule has 0 unspecified atom stereocenters. The molecule has 1 N–H and O–H groups in total. The number of carboxylic acids is 1. The summed E-state index contributed by atoms with van der Waals surface area (Å²) in [7, 11) is 1.52. The van der Waals surface area contributed by atoms with Crippen LogP contribution in [0.1, 0.15) is 26.4 Å². The first-order valence-corrected chi connectivity index (χ1v) is 8.76. The maximum absolute atomic E-state index is 12.6. The highest BCUT2D eigenvalue weighted by Gasteiger charge is 2.28. The van der Waals surface area contributed by atoms with Gasteiger partial charge in [-0.15, -0.1) is 0 Å². The third-order valence-electron chi connectivity index (χ3n) is 4.33. The molecule has 25 heavy (non-hydrogen) atoms. The largest absolute Gasteiger partial charge is 0.477 e. The highest BCUT2D eigenvalue weighted by molar-refractivity contribution is 9.10. The summed E-state index contributed by atoms with van der Waals surface area (Å²) in [5.41, 5.74) is 1.30. The molecule has 0 radical (unpaired) electrons. The summed E-state index contributed by atoms with van der Waals surface area (Å²) < 4.78 is 2.27. The Labute approximate surface area is 154 Å². The molecule has 0 saturated carbocycles. The van der Waals surface area contributed by atoms with E-state index in [4.69, 9.17) is 0 Å². The second-order valence-corrected chi connectivity index (χ2v) is 6.95. The molecule has 0 aliphatic carbocycles. The van der Waals surface area contributed by atoms with Crippen molar-refractivity contribution < 1.29 is 14.7 Å². The number of aromatic nitrogens is 2. The third kappa shape index (κ3) is 3.91. The number of benzene rings is 1. The predicted molar refractivity (Wildman–Crippen MR) is 95.5 cm³/mol. The van der Waals surface area contributed by atoms with Crippen molar-refractivity contribution in [2.75, 3.05) is 26.2 Å². The van der Waals surface area contributed by atoms with E-state index in [0.717, 1.165) is 24.1 Å². The van der Waals surface area contributed by atoms with Gasteiger partial charge in [0, 0.05) is 44.2 Å². The van der Waals surface area contributed by atoms with Crippen molar-refractivity contribution in [3.05, 3.63) is 51.8 Å². The lowest BCUT2D eigenvalue weighted by molar-refractivity contribution is 0.0606. The highest BCUT2D eigenvalue weighted by atomic mass is 79.9. The number of carbonyl (C=O) groups is 2. The molecule has 7 nitrogen and oxygen atoms in total. The SMILES string of the molecule is Cn1ncc(C(=O)N2CCN(Cc3cccc(Br)c3)CC2)c1C(=O)O. The Hall–Kier alpha value is -2.19. The number of hydrogen-bond acceptors (Lipinski definition) is 4. The van der Waals surface area contributed by atoms with Gasteiger partial charge in [-0.1, -0.05) is 28.1 Å². The van der Waals surface area contributed by atoms with Gasteiger partial charge in [-0.25, -0.2) is 4.79 Å². The van der Waals surface area contributed by atoms with Crippen molar-refractivity contribution in [3.8, 4) is 0 Å².